The largest absolute Gasteiger partial charge is 0.398 e. The summed E-state index contributed by atoms with van der Waals surface area (Å²) in [6, 6.07) is 2.46. The molecule has 6 heteroatoms. The van der Waals surface area contributed by atoms with E-state index in [0.717, 1.165) is 5.56 Å². The van der Waals surface area contributed by atoms with Gasteiger partial charge in [0.2, 0.25) is 0 Å². The van der Waals surface area contributed by atoms with E-state index in [1.807, 2.05) is 0 Å². The van der Waals surface area contributed by atoms with Crippen LogP contribution in [0.3, 0.4) is 0 Å². The van der Waals surface area contributed by atoms with Gasteiger partial charge in [-0.15, -0.1) is 0 Å². The summed E-state index contributed by atoms with van der Waals surface area (Å²) in [6.07, 6.45) is -5.08. The number of hydrogen-bond acceptors (Lipinski definition) is 2. The molecule has 0 aliphatic carbocycles. The number of alkyl halides is 3. The molecule has 0 aliphatic rings. The zero-order chi connectivity index (χ0) is 13.2. The molecule has 1 unspecified atom stereocenters. The Hall–Kier alpha value is -1.10. The van der Waals surface area contributed by atoms with Gasteiger partial charge in [-0.1, -0.05) is 11.6 Å². The lowest BCUT2D eigenvalue weighted by Crippen LogP contribution is -2.24. The molecule has 0 saturated heterocycles. The molecule has 0 bridgehead atoms. The van der Waals surface area contributed by atoms with Crippen LogP contribution in [0.5, 0.6) is 0 Å². The lowest BCUT2D eigenvalue weighted by atomic mass is 10.1. The Balaban J connectivity index is 2.78. The van der Waals surface area contributed by atoms with Crippen LogP contribution in [0, 0.1) is 6.92 Å². The Labute approximate surface area is 103 Å². The fourth-order valence-electron chi connectivity index (χ4n) is 1.52. The first kappa shape index (κ1) is 14.0. The van der Waals surface area contributed by atoms with Gasteiger partial charge in [0.25, 0.3) is 0 Å². The van der Waals surface area contributed by atoms with Gasteiger partial charge in [-0.05, 0) is 31.5 Å². The van der Waals surface area contributed by atoms with E-state index in [-0.39, 0.29) is 0 Å². The van der Waals surface area contributed by atoms with Gasteiger partial charge >= 0.3 is 6.18 Å². The topological polar surface area (TPSA) is 38.0 Å². The predicted octanol–water partition coefficient (Wildman–Crippen LogP) is 3.98. The van der Waals surface area contributed by atoms with Gasteiger partial charge in [0.15, 0.2) is 0 Å². The van der Waals surface area contributed by atoms with Gasteiger partial charge in [0.1, 0.15) is 0 Å². The summed E-state index contributed by atoms with van der Waals surface area (Å²) in [5.74, 6) is 0. The first-order chi connectivity index (χ1) is 7.69. The van der Waals surface area contributed by atoms with Gasteiger partial charge in [-0.25, -0.2) is 0 Å². The summed E-state index contributed by atoms with van der Waals surface area (Å²) < 4.78 is 36.5. The average molecular weight is 267 g/mol. The van der Waals surface area contributed by atoms with E-state index in [0.29, 0.717) is 16.4 Å². The van der Waals surface area contributed by atoms with Gasteiger partial charge in [0.05, 0.1) is 17.1 Å². The van der Waals surface area contributed by atoms with Crippen LogP contribution < -0.4 is 11.1 Å². The molecule has 0 radical (unpaired) electrons. The second kappa shape index (κ2) is 5.04. The van der Waals surface area contributed by atoms with Crippen molar-refractivity contribution < 1.29 is 13.2 Å². The summed E-state index contributed by atoms with van der Waals surface area (Å²) in [5.41, 5.74) is 7.33. The molecule has 1 aromatic carbocycles. The van der Waals surface area contributed by atoms with Crippen molar-refractivity contribution in [3.05, 3.63) is 22.7 Å². The Morgan fingerprint density at radius 1 is 1.41 bits per heavy atom. The van der Waals surface area contributed by atoms with Gasteiger partial charge in [-0.2, -0.15) is 13.2 Å². The van der Waals surface area contributed by atoms with Gasteiger partial charge < -0.3 is 11.1 Å². The third kappa shape index (κ3) is 4.34. The highest BCUT2D eigenvalue weighted by molar-refractivity contribution is 6.33. The highest BCUT2D eigenvalue weighted by Gasteiger charge is 2.30. The van der Waals surface area contributed by atoms with E-state index in [4.69, 9.17) is 17.3 Å². The van der Waals surface area contributed by atoms with Gasteiger partial charge in [0, 0.05) is 11.7 Å². The van der Waals surface area contributed by atoms with E-state index in [1.165, 1.54) is 6.92 Å². The maximum atomic E-state index is 12.2. The molecular weight excluding hydrogens is 253 g/mol. The minimum absolute atomic E-state index is 0.331. The number of anilines is 2. The van der Waals surface area contributed by atoms with Crippen LogP contribution in [0.25, 0.3) is 0 Å². The number of halogens is 4. The van der Waals surface area contributed by atoms with Crippen LogP contribution >= 0.6 is 11.6 Å². The molecule has 0 amide bonds. The molecule has 1 rings (SSSR count). The summed E-state index contributed by atoms with van der Waals surface area (Å²) in [4.78, 5) is 0. The summed E-state index contributed by atoms with van der Waals surface area (Å²) in [5, 5.41) is 3.11. The fourth-order valence-corrected chi connectivity index (χ4v) is 1.69. The Morgan fingerprint density at radius 3 is 2.53 bits per heavy atom. The lowest BCUT2D eigenvalue weighted by molar-refractivity contribution is -0.136. The number of rotatable bonds is 3. The van der Waals surface area contributed by atoms with E-state index < -0.39 is 18.6 Å². The standard InChI is InChI=1S/C11H14ClF3N2/c1-6-3-9(16)8(12)4-10(6)17-7(2)5-11(13,14)15/h3-4,7,17H,5,16H2,1-2H3. The average Bonchev–Trinajstić information content (AvgIpc) is 2.11. The first-order valence-corrected chi connectivity index (χ1v) is 5.46. The van der Waals surface area contributed by atoms with Crippen LogP contribution in [0.2, 0.25) is 5.02 Å². The number of nitrogen functional groups attached to an aromatic ring is 1. The van der Waals surface area contributed by atoms with Gasteiger partial charge in [-0.3, -0.25) is 0 Å². The summed E-state index contributed by atoms with van der Waals surface area (Å²) >= 11 is 5.82. The van der Waals surface area contributed by atoms with Crippen molar-refractivity contribution in [2.45, 2.75) is 32.5 Å². The molecule has 3 N–H and O–H groups in total. The second-order valence-electron chi connectivity index (χ2n) is 4.05. The molecule has 17 heavy (non-hydrogen) atoms. The van der Waals surface area contributed by atoms with E-state index in [1.54, 1.807) is 19.1 Å². The summed E-state index contributed by atoms with van der Waals surface area (Å²) in [7, 11) is 0. The zero-order valence-electron chi connectivity index (χ0n) is 9.53. The molecule has 1 aromatic rings. The maximum absolute atomic E-state index is 12.2. The molecular formula is C11H14ClF3N2. The number of benzene rings is 1. The van der Waals surface area contributed by atoms with Crippen molar-refractivity contribution in [2.75, 3.05) is 11.1 Å². The van der Waals surface area contributed by atoms with E-state index in [9.17, 15) is 13.2 Å². The van der Waals surface area contributed by atoms with Crippen LogP contribution in [0.4, 0.5) is 24.5 Å². The quantitative estimate of drug-likeness (QED) is 0.812. The maximum Gasteiger partial charge on any atom is 0.391 e. The monoisotopic (exact) mass is 266 g/mol. The Bertz CT molecular complexity index is 404. The molecule has 0 fully saturated rings. The molecule has 0 aromatic heterocycles. The van der Waals surface area contributed by atoms with Crippen LogP contribution in [0.1, 0.15) is 18.9 Å². The predicted molar refractivity (Wildman–Crippen MR) is 64.4 cm³/mol. The first-order valence-electron chi connectivity index (χ1n) is 5.08. The van der Waals surface area contributed by atoms with E-state index >= 15 is 0 Å². The lowest BCUT2D eigenvalue weighted by Gasteiger charge is -2.19. The minimum Gasteiger partial charge on any atom is -0.398 e. The third-order valence-corrected chi connectivity index (χ3v) is 2.61. The third-order valence-electron chi connectivity index (χ3n) is 2.28. The number of nitrogens with two attached hydrogens (primary N) is 1. The smallest absolute Gasteiger partial charge is 0.391 e. The highest BCUT2D eigenvalue weighted by atomic mass is 35.5. The molecule has 1 atom stereocenters. The molecule has 0 aliphatic heterocycles. The zero-order valence-corrected chi connectivity index (χ0v) is 10.3. The highest BCUT2D eigenvalue weighted by Crippen LogP contribution is 2.29. The normalized spacial score (nSPS) is 13.5. The Morgan fingerprint density at radius 2 is 2.00 bits per heavy atom. The second-order valence-corrected chi connectivity index (χ2v) is 4.46. The van der Waals surface area contributed by atoms with Crippen LogP contribution in [-0.4, -0.2) is 12.2 Å². The van der Waals surface area contributed by atoms with Crippen molar-refractivity contribution in [1.29, 1.82) is 0 Å². The minimum atomic E-state index is -4.18. The van der Waals surface area contributed by atoms with Crippen LogP contribution in [-0.2, 0) is 0 Å². The SMILES string of the molecule is Cc1cc(N)c(Cl)cc1NC(C)CC(F)(F)F. The molecule has 0 heterocycles. The van der Waals surface area contributed by atoms with Crippen LogP contribution in [0.15, 0.2) is 12.1 Å². The van der Waals surface area contributed by atoms with Crippen molar-refractivity contribution in [3.63, 3.8) is 0 Å². The van der Waals surface area contributed by atoms with Crippen molar-refractivity contribution in [1.82, 2.24) is 0 Å². The summed E-state index contributed by atoms with van der Waals surface area (Å²) in [6.45, 7) is 3.23. The molecule has 0 saturated carbocycles. The van der Waals surface area contributed by atoms with E-state index in [2.05, 4.69) is 5.32 Å². The number of aryl methyl sites for hydroxylation is 1. The fraction of sp³-hybridized carbons (Fsp3) is 0.455. The molecule has 96 valence electrons. The number of hydrogen-bond donors (Lipinski definition) is 2. The Kier molecular flexibility index (Phi) is 4.14. The molecule has 0 spiro atoms. The van der Waals surface area contributed by atoms with Crippen molar-refractivity contribution in [2.24, 2.45) is 0 Å². The molecule has 2 nitrogen and oxygen atoms in total. The van der Waals surface area contributed by atoms with Crippen molar-refractivity contribution >= 4 is 23.0 Å². The van der Waals surface area contributed by atoms with Crippen molar-refractivity contribution in [3.8, 4) is 0 Å². The number of nitrogens with one attached hydrogen (secondary N) is 1.